The Labute approximate surface area is 179 Å². The highest BCUT2D eigenvalue weighted by atomic mass is 35.5. The first-order chi connectivity index (χ1) is 13.8. The molecule has 0 saturated heterocycles. The summed E-state index contributed by atoms with van der Waals surface area (Å²) in [6.45, 7) is 4.01. The van der Waals surface area contributed by atoms with E-state index in [4.69, 9.17) is 11.6 Å². The van der Waals surface area contributed by atoms with Crippen molar-refractivity contribution < 1.29 is 13.5 Å². The van der Waals surface area contributed by atoms with E-state index in [2.05, 4.69) is 16.3 Å². The van der Waals surface area contributed by atoms with Gasteiger partial charge in [-0.3, -0.25) is 4.72 Å². The number of halogens is 1. The van der Waals surface area contributed by atoms with Crippen molar-refractivity contribution in [3.05, 3.63) is 56.2 Å². The predicted molar refractivity (Wildman–Crippen MR) is 114 cm³/mol. The van der Waals surface area contributed by atoms with E-state index in [0.29, 0.717) is 29.8 Å². The van der Waals surface area contributed by atoms with Gasteiger partial charge in [0.2, 0.25) is 4.34 Å². The van der Waals surface area contributed by atoms with Crippen molar-refractivity contribution in [1.29, 1.82) is 0 Å². The van der Waals surface area contributed by atoms with E-state index in [0.717, 1.165) is 54.9 Å². The number of rotatable bonds is 6. The standard InChI is InChI=1S/C21H23ClN2O3S2/c1-12(24-29(26,27)20-23-11-18(28-20)21(25)8-9-21)10-17-13-4-2-6-15(13)19(22)16-7-3-5-14(16)17/h11,24-25H,1-10H2. The molecule has 1 heterocycles. The number of hydrogen-bond acceptors (Lipinski definition) is 5. The van der Waals surface area contributed by atoms with Crippen molar-refractivity contribution in [2.75, 3.05) is 0 Å². The number of sulfonamides is 1. The molecule has 0 bridgehead atoms. The third kappa shape index (κ3) is 3.32. The summed E-state index contributed by atoms with van der Waals surface area (Å²) in [5.74, 6) is 0. The zero-order chi connectivity index (χ0) is 20.4. The molecule has 0 spiro atoms. The molecule has 3 aliphatic rings. The lowest BCUT2D eigenvalue weighted by Gasteiger charge is -2.18. The second-order valence-corrected chi connectivity index (χ2v) is 11.6. The summed E-state index contributed by atoms with van der Waals surface area (Å²) < 4.78 is 28.2. The van der Waals surface area contributed by atoms with E-state index in [-0.39, 0.29) is 4.34 Å². The van der Waals surface area contributed by atoms with Gasteiger partial charge >= 0.3 is 0 Å². The number of thiazole rings is 1. The lowest BCUT2D eigenvalue weighted by Crippen LogP contribution is -2.24. The fourth-order valence-corrected chi connectivity index (χ4v) is 7.44. The van der Waals surface area contributed by atoms with Crippen LogP contribution < -0.4 is 4.72 Å². The Morgan fingerprint density at radius 1 is 1.17 bits per heavy atom. The first kappa shape index (κ1) is 19.5. The van der Waals surface area contributed by atoms with Crippen LogP contribution in [0.4, 0.5) is 0 Å². The molecule has 1 saturated carbocycles. The smallest absolute Gasteiger partial charge is 0.289 e. The van der Waals surface area contributed by atoms with Crippen LogP contribution in [0.25, 0.3) is 0 Å². The number of aromatic nitrogens is 1. The van der Waals surface area contributed by atoms with E-state index in [1.54, 1.807) is 0 Å². The Kier molecular flexibility index (Phi) is 4.59. The summed E-state index contributed by atoms with van der Waals surface area (Å²) in [4.78, 5) is 4.64. The number of aliphatic hydroxyl groups is 1. The van der Waals surface area contributed by atoms with Crippen molar-refractivity contribution in [2.45, 2.75) is 67.7 Å². The van der Waals surface area contributed by atoms with Gasteiger partial charge in [-0.15, -0.1) is 11.3 Å². The zero-order valence-corrected chi connectivity index (χ0v) is 18.4. The van der Waals surface area contributed by atoms with Gasteiger partial charge in [0.15, 0.2) is 0 Å². The predicted octanol–water partition coefficient (Wildman–Crippen LogP) is 3.79. The second kappa shape index (κ2) is 6.80. The van der Waals surface area contributed by atoms with Gasteiger partial charge in [0.25, 0.3) is 10.0 Å². The molecule has 154 valence electrons. The quantitative estimate of drug-likeness (QED) is 0.701. The maximum atomic E-state index is 12.8. The van der Waals surface area contributed by atoms with Gasteiger partial charge in [0.05, 0.1) is 4.88 Å². The number of nitrogens with one attached hydrogen (secondary N) is 1. The first-order valence-corrected chi connectivity index (χ1v) is 12.7. The molecule has 5 nitrogen and oxygen atoms in total. The molecule has 1 aromatic carbocycles. The molecule has 3 aliphatic carbocycles. The highest BCUT2D eigenvalue weighted by Gasteiger charge is 2.44. The molecule has 0 unspecified atom stereocenters. The van der Waals surface area contributed by atoms with Gasteiger partial charge in [-0.1, -0.05) is 18.2 Å². The molecule has 8 heteroatoms. The molecule has 0 atom stereocenters. The Morgan fingerprint density at radius 3 is 2.34 bits per heavy atom. The summed E-state index contributed by atoms with van der Waals surface area (Å²) >= 11 is 7.71. The number of nitrogens with zero attached hydrogens (tertiary/aromatic N) is 1. The lowest BCUT2D eigenvalue weighted by molar-refractivity contribution is 0.155. The monoisotopic (exact) mass is 450 g/mol. The molecule has 2 aromatic rings. The molecular weight excluding hydrogens is 428 g/mol. The van der Waals surface area contributed by atoms with Crippen LogP contribution in [0.3, 0.4) is 0 Å². The Hall–Kier alpha value is -1.41. The van der Waals surface area contributed by atoms with Crippen molar-refractivity contribution in [3.63, 3.8) is 0 Å². The molecule has 1 aromatic heterocycles. The van der Waals surface area contributed by atoms with Gasteiger partial charge in [0, 0.05) is 23.3 Å². The molecule has 0 amide bonds. The van der Waals surface area contributed by atoms with Crippen molar-refractivity contribution >= 4 is 33.0 Å². The van der Waals surface area contributed by atoms with Crippen LogP contribution in [0.2, 0.25) is 5.02 Å². The summed E-state index contributed by atoms with van der Waals surface area (Å²) in [6.07, 6.45) is 9.41. The number of fused-ring (bicyclic) bond motifs is 2. The Morgan fingerprint density at radius 2 is 1.76 bits per heavy atom. The molecule has 2 N–H and O–H groups in total. The zero-order valence-electron chi connectivity index (χ0n) is 16.1. The number of benzene rings is 1. The van der Waals surface area contributed by atoms with Gasteiger partial charge in [-0.2, -0.15) is 8.42 Å². The van der Waals surface area contributed by atoms with E-state index in [9.17, 15) is 13.5 Å². The van der Waals surface area contributed by atoms with Crippen LogP contribution in [0, 0.1) is 0 Å². The van der Waals surface area contributed by atoms with Crippen LogP contribution >= 0.6 is 22.9 Å². The topological polar surface area (TPSA) is 79.3 Å². The molecular formula is C21H23ClN2O3S2. The Bertz CT molecular complexity index is 1100. The molecule has 0 aliphatic heterocycles. The average Bonchev–Trinajstić information content (AvgIpc) is 3.17. The maximum Gasteiger partial charge on any atom is 0.289 e. The minimum atomic E-state index is -3.81. The largest absolute Gasteiger partial charge is 0.384 e. The third-order valence-corrected chi connectivity index (χ3v) is 9.73. The fourth-order valence-electron chi connectivity index (χ4n) is 4.66. The third-order valence-electron chi connectivity index (χ3n) is 6.26. The normalized spacial score (nSPS) is 19.1. The lowest BCUT2D eigenvalue weighted by atomic mass is 9.91. The molecule has 5 rings (SSSR count). The second-order valence-electron chi connectivity index (χ2n) is 8.32. The minimum absolute atomic E-state index is 0.0273. The molecule has 0 radical (unpaired) electrons. The first-order valence-electron chi connectivity index (χ1n) is 10.0. The van der Waals surface area contributed by atoms with Crippen molar-refractivity contribution in [1.82, 2.24) is 9.71 Å². The number of allylic oxidation sites excluding steroid dienone is 1. The van der Waals surface area contributed by atoms with E-state index in [1.807, 2.05) is 0 Å². The highest BCUT2D eigenvalue weighted by Crippen LogP contribution is 2.47. The van der Waals surface area contributed by atoms with Crippen LogP contribution in [0.5, 0.6) is 0 Å². The highest BCUT2D eigenvalue weighted by molar-refractivity contribution is 7.91. The maximum absolute atomic E-state index is 12.8. The Balaban J connectivity index is 1.40. The SMILES string of the molecule is C=C(Cc1c2c(c(Cl)c3c1CCC3)CCC2)NS(=O)(=O)c1ncc(C2(O)CC2)s1. The van der Waals surface area contributed by atoms with Crippen molar-refractivity contribution in [2.24, 2.45) is 0 Å². The minimum Gasteiger partial charge on any atom is -0.384 e. The summed E-state index contributed by atoms with van der Waals surface area (Å²) in [6, 6.07) is 0. The van der Waals surface area contributed by atoms with Crippen LogP contribution in [-0.2, 0) is 47.7 Å². The summed E-state index contributed by atoms with van der Waals surface area (Å²) in [5.41, 5.74) is 5.87. The van der Waals surface area contributed by atoms with Gasteiger partial charge in [-0.05, 0) is 79.2 Å². The molecule has 29 heavy (non-hydrogen) atoms. The fraction of sp³-hybridized carbons (Fsp3) is 0.476. The van der Waals surface area contributed by atoms with Gasteiger partial charge < -0.3 is 5.11 Å². The van der Waals surface area contributed by atoms with E-state index in [1.165, 1.54) is 34.0 Å². The van der Waals surface area contributed by atoms with Gasteiger partial charge in [-0.25, -0.2) is 4.98 Å². The average molecular weight is 451 g/mol. The summed E-state index contributed by atoms with van der Waals surface area (Å²) in [7, 11) is -3.81. The van der Waals surface area contributed by atoms with Crippen LogP contribution in [0.15, 0.2) is 22.8 Å². The van der Waals surface area contributed by atoms with E-state index < -0.39 is 15.6 Å². The van der Waals surface area contributed by atoms with E-state index >= 15 is 0 Å². The van der Waals surface area contributed by atoms with Crippen LogP contribution in [0.1, 0.15) is 58.4 Å². The van der Waals surface area contributed by atoms with Crippen molar-refractivity contribution in [3.8, 4) is 0 Å². The van der Waals surface area contributed by atoms with Crippen LogP contribution in [-0.4, -0.2) is 18.5 Å². The molecule has 1 fully saturated rings. The summed E-state index contributed by atoms with van der Waals surface area (Å²) in [5, 5.41) is 11.1. The number of hydrogen-bond donors (Lipinski definition) is 2. The van der Waals surface area contributed by atoms with Gasteiger partial charge in [0.1, 0.15) is 5.60 Å².